The van der Waals surface area contributed by atoms with E-state index < -0.39 is 23.7 Å². The number of carbonyl (C=O) groups excluding carboxylic acids is 3. The van der Waals surface area contributed by atoms with Crippen molar-refractivity contribution in [2.45, 2.75) is 19.4 Å². The smallest absolute Gasteiger partial charge is 0.328 e. The van der Waals surface area contributed by atoms with E-state index in [1.54, 1.807) is 19.1 Å². The summed E-state index contributed by atoms with van der Waals surface area (Å²) in [5, 5.41) is 3.19. The summed E-state index contributed by atoms with van der Waals surface area (Å²) in [5.41, 5.74) is 1.89. The number of aromatic amines is 1. The Hall–Kier alpha value is -3.41. The number of benzene rings is 2. The second-order valence-electron chi connectivity index (χ2n) is 6.04. The molecule has 0 aliphatic carbocycles. The fourth-order valence-corrected chi connectivity index (χ4v) is 2.89. The zero-order chi connectivity index (χ0) is 19.2. The molecule has 1 heterocycles. The first-order valence-corrected chi connectivity index (χ1v) is 8.72. The second-order valence-corrected chi connectivity index (χ2v) is 6.04. The molecule has 0 aliphatic rings. The number of carbonyl (C=O) groups is 3. The fraction of sp³-hybridized carbons (Fsp3) is 0.190. The van der Waals surface area contributed by atoms with E-state index in [4.69, 9.17) is 4.74 Å². The predicted molar refractivity (Wildman–Crippen MR) is 101 cm³/mol. The molecular formula is C21H20N2O4. The van der Waals surface area contributed by atoms with Gasteiger partial charge in [0.2, 0.25) is 0 Å². The number of hydrogen-bond acceptors (Lipinski definition) is 4. The van der Waals surface area contributed by atoms with E-state index in [1.807, 2.05) is 42.5 Å². The lowest BCUT2D eigenvalue weighted by Gasteiger charge is -2.17. The minimum Gasteiger partial charge on any atom is -0.464 e. The first kappa shape index (κ1) is 18.4. The van der Waals surface area contributed by atoms with Gasteiger partial charge in [-0.15, -0.1) is 0 Å². The minimum atomic E-state index is -0.936. The van der Waals surface area contributed by atoms with Gasteiger partial charge in [0, 0.05) is 23.5 Å². The van der Waals surface area contributed by atoms with E-state index in [0.717, 1.165) is 11.1 Å². The van der Waals surface area contributed by atoms with Gasteiger partial charge in [0.05, 0.1) is 12.2 Å². The first-order valence-electron chi connectivity index (χ1n) is 8.72. The molecule has 0 unspecified atom stereocenters. The Balaban J connectivity index is 1.78. The first-order chi connectivity index (χ1) is 13.1. The molecule has 2 N–H and O–H groups in total. The molecule has 0 saturated heterocycles. The molecule has 0 radical (unpaired) electrons. The van der Waals surface area contributed by atoms with Crippen LogP contribution in [0.15, 0.2) is 60.8 Å². The van der Waals surface area contributed by atoms with Crippen molar-refractivity contribution < 1.29 is 19.1 Å². The lowest BCUT2D eigenvalue weighted by molar-refractivity contribution is -0.146. The number of ether oxygens (including phenoxy) is 1. The molecule has 138 valence electrons. The van der Waals surface area contributed by atoms with Crippen LogP contribution >= 0.6 is 0 Å². The van der Waals surface area contributed by atoms with Gasteiger partial charge in [0.15, 0.2) is 0 Å². The summed E-state index contributed by atoms with van der Waals surface area (Å²) >= 11 is 0. The molecule has 6 nitrogen and oxygen atoms in total. The molecule has 0 saturated carbocycles. The quantitative estimate of drug-likeness (QED) is 0.383. The highest BCUT2D eigenvalue weighted by atomic mass is 16.5. The number of fused-ring (bicyclic) bond motifs is 1. The fourth-order valence-electron chi connectivity index (χ4n) is 2.89. The standard InChI is InChI=1S/C21H20N2O4/c1-2-27-21(26)18(12-14-8-4-3-5-9-14)23-20(25)19(24)16-13-22-17-11-7-6-10-15(16)17/h3-11,13,18,22H,2,12H2,1H3,(H,23,25)/t18-/m1/s1. The maximum atomic E-state index is 12.6. The van der Waals surface area contributed by atoms with Crippen molar-refractivity contribution in [1.82, 2.24) is 10.3 Å². The number of nitrogens with one attached hydrogen (secondary N) is 2. The van der Waals surface area contributed by atoms with Crippen molar-refractivity contribution in [2.75, 3.05) is 6.61 Å². The molecular weight excluding hydrogens is 344 g/mol. The van der Waals surface area contributed by atoms with Crippen LogP contribution in [0.25, 0.3) is 10.9 Å². The number of Topliss-reactive ketones (excluding diaryl/α,β-unsaturated/α-hetero) is 1. The Bertz CT molecular complexity index is 962. The minimum absolute atomic E-state index is 0.191. The van der Waals surface area contributed by atoms with Gasteiger partial charge in [-0.2, -0.15) is 0 Å². The van der Waals surface area contributed by atoms with Crippen molar-refractivity contribution in [2.24, 2.45) is 0 Å². The maximum absolute atomic E-state index is 12.6. The summed E-state index contributed by atoms with van der Waals surface area (Å²) in [4.78, 5) is 40.3. The molecule has 1 aromatic heterocycles. The lowest BCUT2D eigenvalue weighted by Crippen LogP contribution is -2.46. The SMILES string of the molecule is CCOC(=O)[C@@H](Cc1ccccc1)NC(=O)C(=O)c1c[nH]c2ccccc12. The number of aromatic nitrogens is 1. The van der Waals surface area contributed by atoms with Gasteiger partial charge in [-0.25, -0.2) is 4.79 Å². The summed E-state index contributed by atoms with van der Waals surface area (Å²) in [5.74, 6) is -2.11. The molecule has 0 fully saturated rings. The topological polar surface area (TPSA) is 88.3 Å². The van der Waals surface area contributed by atoms with E-state index in [2.05, 4.69) is 10.3 Å². The van der Waals surface area contributed by atoms with Crippen LogP contribution in [0, 0.1) is 0 Å². The number of ketones is 1. The summed E-state index contributed by atoms with van der Waals surface area (Å²) in [6.45, 7) is 1.88. The number of esters is 1. The van der Waals surface area contributed by atoms with E-state index in [1.165, 1.54) is 6.20 Å². The predicted octanol–water partition coefficient (Wildman–Crippen LogP) is 2.64. The van der Waals surface area contributed by atoms with Crippen LogP contribution in [0.4, 0.5) is 0 Å². The van der Waals surface area contributed by atoms with E-state index in [9.17, 15) is 14.4 Å². The largest absolute Gasteiger partial charge is 0.464 e. The van der Waals surface area contributed by atoms with Crippen LogP contribution in [0.1, 0.15) is 22.8 Å². The molecule has 0 spiro atoms. The van der Waals surface area contributed by atoms with Crippen molar-refractivity contribution >= 4 is 28.6 Å². The summed E-state index contributed by atoms with van der Waals surface area (Å²) in [6, 6.07) is 15.5. The maximum Gasteiger partial charge on any atom is 0.328 e. The summed E-state index contributed by atoms with van der Waals surface area (Å²) < 4.78 is 5.05. The van der Waals surface area contributed by atoms with Crippen LogP contribution < -0.4 is 5.32 Å². The number of rotatable bonds is 7. The van der Waals surface area contributed by atoms with Crippen molar-refractivity contribution in [1.29, 1.82) is 0 Å². The van der Waals surface area contributed by atoms with E-state index >= 15 is 0 Å². The molecule has 1 amide bonds. The Morgan fingerprint density at radius 3 is 2.48 bits per heavy atom. The van der Waals surface area contributed by atoms with Gasteiger partial charge < -0.3 is 15.0 Å². The van der Waals surface area contributed by atoms with Gasteiger partial charge >= 0.3 is 5.97 Å². The highest BCUT2D eigenvalue weighted by Gasteiger charge is 2.27. The Morgan fingerprint density at radius 1 is 1.04 bits per heavy atom. The lowest BCUT2D eigenvalue weighted by atomic mass is 10.0. The Kier molecular flexibility index (Phi) is 5.66. The molecule has 1 atom stereocenters. The van der Waals surface area contributed by atoms with Gasteiger partial charge in [0.25, 0.3) is 11.7 Å². The number of para-hydroxylation sites is 1. The van der Waals surface area contributed by atoms with Crippen LogP contribution in [0.5, 0.6) is 0 Å². The third kappa shape index (κ3) is 4.23. The molecule has 3 aromatic rings. The highest BCUT2D eigenvalue weighted by Crippen LogP contribution is 2.18. The number of amides is 1. The molecule has 0 aliphatic heterocycles. The van der Waals surface area contributed by atoms with E-state index in [0.29, 0.717) is 5.39 Å². The third-order valence-corrected chi connectivity index (χ3v) is 4.20. The van der Waals surface area contributed by atoms with E-state index in [-0.39, 0.29) is 18.6 Å². The molecule has 0 bridgehead atoms. The number of hydrogen-bond donors (Lipinski definition) is 2. The molecule has 6 heteroatoms. The van der Waals surface area contributed by atoms with Gasteiger partial charge in [-0.3, -0.25) is 9.59 Å². The van der Waals surface area contributed by atoms with Crippen molar-refractivity contribution in [3.05, 3.63) is 71.9 Å². The van der Waals surface area contributed by atoms with Gasteiger partial charge in [-0.1, -0.05) is 48.5 Å². The molecule has 27 heavy (non-hydrogen) atoms. The third-order valence-electron chi connectivity index (χ3n) is 4.20. The normalized spacial score (nSPS) is 11.7. The van der Waals surface area contributed by atoms with Crippen molar-refractivity contribution in [3.8, 4) is 0 Å². The summed E-state index contributed by atoms with van der Waals surface area (Å²) in [7, 11) is 0. The van der Waals surface area contributed by atoms with Gasteiger partial charge in [-0.05, 0) is 18.6 Å². The number of H-pyrrole nitrogens is 1. The van der Waals surface area contributed by atoms with Gasteiger partial charge in [0.1, 0.15) is 6.04 Å². The van der Waals surface area contributed by atoms with Crippen LogP contribution in [0.2, 0.25) is 0 Å². The average Bonchev–Trinajstić information content (AvgIpc) is 3.12. The van der Waals surface area contributed by atoms with Crippen LogP contribution in [-0.2, 0) is 20.7 Å². The molecule has 2 aromatic carbocycles. The molecule has 3 rings (SSSR count). The van der Waals surface area contributed by atoms with Crippen LogP contribution in [-0.4, -0.2) is 35.3 Å². The Morgan fingerprint density at radius 2 is 1.74 bits per heavy atom. The zero-order valence-corrected chi connectivity index (χ0v) is 14.9. The second kappa shape index (κ2) is 8.31. The van der Waals surface area contributed by atoms with Crippen molar-refractivity contribution in [3.63, 3.8) is 0 Å². The zero-order valence-electron chi connectivity index (χ0n) is 14.9. The Labute approximate surface area is 156 Å². The highest BCUT2D eigenvalue weighted by molar-refractivity contribution is 6.45. The monoisotopic (exact) mass is 364 g/mol. The average molecular weight is 364 g/mol. The van der Waals surface area contributed by atoms with Crippen LogP contribution in [0.3, 0.4) is 0 Å². The summed E-state index contributed by atoms with van der Waals surface area (Å²) in [6.07, 6.45) is 1.75.